The molecule has 1 aliphatic rings. The Kier molecular flexibility index (Phi) is 6.94. The molecule has 2 amide bonds. The van der Waals surface area contributed by atoms with Crippen LogP contribution in [-0.2, 0) is 11.8 Å². The van der Waals surface area contributed by atoms with E-state index < -0.39 is 36.7 Å². The van der Waals surface area contributed by atoms with Gasteiger partial charge in [-0.2, -0.15) is 18.3 Å². The standard InChI is InChI=1S/C19H25F3N6O4/c1-10(9-19(20,21)22)23-18(30)32-12-5-4-11(6-12)13-7-15(26-25-13)24-17(29)14-8-16(31-3)27-28(14)2/h7-8,10-12H,4-6,9H2,1-3H3,(H,23,30)(H2,24,25,26,29)/t10-,11-,12+/m0/s1. The summed E-state index contributed by atoms with van der Waals surface area (Å²) in [6, 6.07) is 2.13. The van der Waals surface area contributed by atoms with Gasteiger partial charge in [0.05, 0.1) is 13.5 Å². The van der Waals surface area contributed by atoms with Crippen molar-refractivity contribution in [3.05, 3.63) is 23.5 Å². The van der Waals surface area contributed by atoms with Gasteiger partial charge in [-0.3, -0.25) is 14.6 Å². The van der Waals surface area contributed by atoms with E-state index >= 15 is 0 Å². The Balaban J connectivity index is 1.50. The summed E-state index contributed by atoms with van der Waals surface area (Å²) < 4.78 is 48.8. The van der Waals surface area contributed by atoms with Crippen LogP contribution in [0.15, 0.2) is 12.1 Å². The van der Waals surface area contributed by atoms with E-state index in [1.54, 1.807) is 13.1 Å². The molecule has 1 fully saturated rings. The maximum absolute atomic E-state index is 12.4. The third-order valence-corrected chi connectivity index (χ3v) is 5.14. The minimum Gasteiger partial charge on any atom is -0.480 e. The molecule has 3 N–H and O–H groups in total. The number of aromatic amines is 1. The third kappa shape index (κ3) is 6.14. The van der Waals surface area contributed by atoms with Crippen molar-refractivity contribution in [3.63, 3.8) is 0 Å². The minimum atomic E-state index is -4.36. The Morgan fingerprint density at radius 2 is 2.09 bits per heavy atom. The van der Waals surface area contributed by atoms with Crippen molar-refractivity contribution in [2.75, 3.05) is 12.4 Å². The molecule has 32 heavy (non-hydrogen) atoms. The summed E-state index contributed by atoms with van der Waals surface area (Å²) in [6.07, 6.45) is -5.00. The van der Waals surface area contributed by atoms with Gasteiger partial charge >= 0.3 is 12.3 Å². The monoisotopic (exact) mass is 458 g/mol. The maximum Gasteiger partial charge on any atom is 0.407 e. The first-order valence-electron chi connectivity index (χ1n) is 10.0. The number of carbonyl (C=O) groups is 2. The highest BCUT2D eigenvalue weighted by Gasteiger charge is 2.33. The minimum absolute atomic E-state index is 0.00958. The van der Waals surface area contributed by atoms with Gasteiger partial charge in [-0.1, -0.05) is 0 Å². The number of aromatic nitrogens is 4. The number of hydrogen-bond donors (Lipinski definition) is 3. The van der Waals surface area contributed by atoms with Crippen LogP contribution in [0.3, 0.4) is 0 Å². The number of aryl methyl sites for hydroxylation is 1. The molecule has 0 spiro atoms. The van der Waals surface area contributed by atoms with E-state index in [-0.39, 0.29) is 5.92 Å². The highest BCUT2D eigenvalue weighted by molar-refractivity contribution is 6.02. The van der Waals surface area contributed by atoms with Crippen molar-refractivity contribution < 1.29 is 32.2 Å². The van der Waals surface area contributed by atoms with E-state index in [2.05, 4.69) is 25.9 Å². The lowest BCUT2D eigenvalue weighted by molar-refractivity contribution is -0.138. The second-order valence-electron chi connectivity index (χ2n) is 7.76. The Morgan fingerprint density at radius 1 is 1.34 bits per heavy atom. The number of amides is 2. The van der Waals surface area contributed by atoms with Crippen molar-refractivity contribution >= 4 is 17.8 Å². The molecule has 3 rings (SSSR count). The Hall–Kier alpha value is -3.25. The van der Waals surface area contributed by atoms with Gasteiger partial charge in [0.25, 0.3) is 5.91 Å². The number of hydrogen-bond acceptors (Lipinski definition) is 6. The Labute approximate surface area is 181 Å². The number of alkyl halides is 3. The zero-order valence-corrected chi connectivity index (χ0v) is 17.8. The van der Waals surface area contributed by atoms with Gasteiger partial charge in [0, 0.05) is 36.8 Å². The van der Waals surface area contributed by atoms with E-state index in [0.717, 1.165) is 5.69 Å². The quantitative estimate of drug-likeness (QED) is 0.586. The fourth-order valence-corrected chi connectivity index (χ4v) is 3.66. The number of ether oxygens (including phenoxy) is 2. The first-order chi connectivity index (χ1) is 15.0. The average Bonchev–Trinajstić information content (AvgIpc) is 3.39. The molecule has 0 unspecified atom stereocenters. The van der Waals surface area contributed by atoms with E-state index in [0.29, 0.717) is 36.7 Å². The van der Waals surface area contributed by atoms with Crippen LogP contribution in [0.5, 0.6) is 5.88 Å². The molecule has 3 atom stereocenters. The lowest BCUT2D eigenvalue weighted by atomic mass is 10.0. The molecule has 176 valence electrons. The molecular formula is C19H25F3N6O4. The van der Waals surface area contributed by atoms with Crippen molar-refractivity contribution in [1.82, 2.24) is 25.3 Å². The summed E-state index contributed by atoms with van der Waals surface area (Å²) in [4.78, 5) is 24.3. The molecule has 0 radical (unpaired) electrons. The fourth-order valence-electron chi connectivity index (χ4n) is 3.66. The molecule has 0 bridgehead atoms. The van der Waals surface area contributed by atoms with Gasteiger partial charge in [0.2, 0.25) is 5.88 Å². The molecule has 13 heteroatoms. The molecular weight excluding hydrogens is 433 g/mol. The summed E-state index contributed by atoms with van der Waals surface area (Å²) >= 11 is 0. The molecule has 0 aliphatic heterocycles. The van der Waals surface area contributed by atoms with Crippen LogP contribution < -0.4 is 15.4 Å². The smallest absolute Gasteiger partial charge is 0.407 e. The molecule has 10 nitrogen and oxygen atoms in total. The summed E-state index contributed by atoms with van der Waals surface area (Å²) in [7, 11) is 3.07. The van der Waals surface area contributed by atoms with Gasteiger partial charge in [-0.25, -0.2) is 4.79 Å². The van der Waals surface area contributed by atoms with E-state index in [9.17, 15) is 22.8 Å². The lowest BCUT2D eigenvalue weighted by Gasteiger charge is -2.18. The summed E-state index contributed by atoms with van der Waals surface area (Å²) in [6.45, 7) is 1.27. The van der Waals surface area contributed by atoms with Crippen LogP contribution in [0.4, 0.5) is 23.8 Å². The maximum atomic E-state index is 12.4. The molecule has 0 aromatic carbocycles. The van der Waals surface area contributed by atoms with E-state index in [4.69, 9.17) is 9.47 Å². The SMILES string of the molecule is COc1cc(C(=O)Nc2cc([C@H]3CC[C@@H](OC(=O)N[C@@H](C)CC(F)(F)F)C3)[nH]n2)n(C)n1. The topological polar surface area (TPSA) is 123 Å². The first-order valence-corrected chi connectivity index (χ1v) is 10.0. The van der Waals surface area contributed by atoms with Crippen molar-refractivity contribution in [3.8, 4) is 5.88 Å². The molecule has 2 aromatic rings. The van der Waals surface area contributed by atoms with E-state index in [1.807, 2.05) is 0 Å². The predicted octanol–water partition coefficient (Wildman–Crippen LogP) is 3.11. The summed E-state index contributed by atoms with van der Waals surface area (Å²) in [5.74, 6) is 0.247. The molecule has 2 heterocycles. The van der Waals surface area contributed by atoms with Crippen molar-refractivity contribution in [1.29, 1.82) is 0 Å². The van der Waals surface area contributed by atoms with Crippen molar-refractivity contribution in [2.24, 2.45) is 7.05 Å². The average molecular weight is 458 g/mol. The Morgan fingerprint density at radius 3 is 2.75 bits per heavy atom. The number of rotatable bonds is 7. The zero-order chi connectivity index (χ0) is 23.5. The third-order valence-electron chi connectivity index (χ3n) is 5.14. The first kappa shape index (κ1) is 23.4. The lowest BCUT2D eigenvalue weighted by Crippen LogP contribution is -2.37. The normalized spacial score (nSPS) is 19.4. The highest BCUT2D eigenvalue weighted by Crippen LogP contribution is 2.36. The Bertz CT molecular complexity index is 957. The highest BCUT2D eigenvalue weighted by atomic mass is 19.4. The number of methoxy groups -OCH3 is 1. The number of anilines is 1. The molecule has 0 saturated heterocycles. The second-order valence-corrected chi connectivity index (χ2v) is 7.76. The summed E-state index contributed by atoms with van der Waals surface area (Å²) in [5, 5.41) is 15.9. The molecule has 2 aromatic heterocycles. The second kappa shape index (κ2) is 9.49. The largest absolute Gasteiger partial charge is 0.480 e. The predicted molar refractivity (Wildman–Crippen MR) is 106 cm³/mol. The number of H-pyrrole nitrogens is 1. The zero-order valence-electron chi connectivity index (χ0n) is 17.8. The van der Waals surface area contributed by atoms with Crippen LogP contribution in [0.25, 0.3) is 0 Å². The number of alkyl carbamates (subject to hydrolysis) is 1. The van der Waals surface area contributed by atoms with Gasteiger partial charge < -0.3 is 20.1 Å². The van der Waals surface area contributed by atoms with Crippen LogP contribution in [-0.4, -0.2) is 57.4 Å². The number of halogens is 3. The van der Waals surface area contributed by atoms with Gasteiger partial charge in [-0.05, 0) is 26.2 Å². The van der Waals surface area contributed by atoms with E-state index in [1.165, 1.54) is 24.8 Å². The van der Waals surface area contributed by atoms with Crippen molar-refractivity contribution in [2.45, 2.75) is 56.8 Å². The number of nitrogens with one attached hydrogen (secondary N) is 3. The number of carbonyl (C=O) groups excluding carboxylic acids is 2. The van der Waals surface area contributed by atoms with Crippen LogP contribution >= 0.6 is 0 Å². The van der Waals surface area contributed by atoms with Crippen LogP contribution in [0.1, 0.15) is 54.7 Å². The number of nitrogens with zero attached hydrogens (tertiary/aromatic N) is 3. The van der Waals surface area contributed by atoms with Crippen LogP contribution in [0, 0.1) is 0 Å². The molecule has 1 aliphatic carbocycles. The fraction of sp³-hybridized carbons (Fsp3) is 0.579. The summed E-state index contributed by atoms with van der Waals surface area (Å²) in [5.41, 5.74) is 1.06. The van der Waals surface area contributed by atoms with Gasteiger partial charge in [-0.15, -0.1) is 5.10 Å². The van der Waals surface area contributed by atoms with Crippen LogP contribution in [0.2, 0.25) is 0 Å². The molecule has 1 saturated carbocycles. The van der Waals surface area contributed by atoms with Gasteiger partial charge in [0.15, 0.2) is 5.82 Å². The van der Waals surface area contributed by atoms with Gasteiger partial charge in [0.1, 0.15) is 11.8 Å².